The third-order valence-corrected chi connectivity index (χ3v) is 8.23. The van der Waals surface area contributed by atoms with Crippen molar-refractivity contribution in [2.24, 2.45) is 0 Å². The van der Waals surface area contributed by atoms with E-state index in [0.717, 1.165) is 0 Å². The van der Waals surface area contributed by atoms with E-state index in [1.807, 2.05) is 6.92 Å². The van der Waals surface area contributed by atoms with E-state index in [-0.39, 0.29) is 16.1 Å². The second kappa shape index (κ2) is 7.83. The highest BCUT2D eigenvalue weighted by atomic mass is 32.2. The molecule has 0 aliphatic carbocycles. The summed E-state index contributed by atoms with van der Waals surface area (Å²) in [5, 5.41) is 0. The van der Waals surface area contributed by atoms with E-state index in [1.54, 1.807) is 21.0 Å². The molecule has 0 saturated heterocycles. The minimum Gasteiger partial charge on any atom is -0.373 e. The van der Waals surface area contributed by atoms with Crippen LogP contribution in [0.4, 0.5) is 0 Å². The van der Waals surface area contributed by atoms with E-state index in [2.05, 4.69) is 0 Å². The van der Waals surface area contributed by atoms with Gasteiger partial charge in [-0.1, -0.05) is 18.1 Å². The van der Waals surface area contributed by atoms with Crippen molar-refractivity contribution >= 4 is 18.9 Å². The fourth-order valence-electron chi connectivity index (χ4n) is 2.36. The Labute approximate surface area is 123 Å². The maximum Gasteiger partial charge on any atom is 0.564 e. The molecule has 0 rings (SSSR count). The first-order chi connectivity index (χ1) is 9.14. The van der Waals surface area contributed by atoms with Crippen LogP contribution in [0.1, 0.15) is 26.7 Å². The predicted molar refractivity (Wildman–Crippen MR) is 78.1 cm³/mol. The molecule has 0 N–H and O–H groups in total. The molecule has 0 radical (unpaired) electrons. The lowest BCUT2D eigenvalue weighted by Gasteiger charge is -2.39. The first-order valence-electron chi connectivity index (χ1n) is 6.57. The van der Waals surface area contributed by atoms with Crippen LogP contribution in [0, 0.1) is 0 Å². The van der Waals surface area contributed by atoms with Crippen LogP contribution >= 0.6 is 0 Å². The summed E-state index contributed by atoms with van der Waals surface area (Å²) in [5.74, 6) is -0.0212. The van der Waals surface area contributed by atoms with Gasteiger partial charge in [0.25, 0.3) is 0 Å². The maximum atomic E-state index is 11.9. The highest BCUT2D eigenvalue weighted by Crippen LogP contribution is 2.26. The molecule has 9 heteroatoms. The van der Waals surface area contributed by atoms with Gasteiger partial charge in [0.2, 0.25) is 0 Å². The second-order valence-corrected chi connectivity index (χ2v) is 9.68. The third-order valence-electron chi connectivity index (χ3n) is 3.16. The molecule has 0 saturated carbocycles. The zero-order valence-corrected chi connectivity index (χ0v) is 15.3. The minimum absolute atomic E-state index is 0.0212. The van der Waals surface area contributed by atoms with Gasteiger partial charge in [0.1, 0.15) is 14.1 Å². The van der Waals surface area contributed by atoms with Crippen LogP contribution < -0.4 is 0 Å². The SMILES string of the molecule is CCCS(=O)(=O)O[N+](C)(C)C(CC)[Si](OC)(OC)OC. The van der Waals surface area contributed by atoms with Crippen LogP contribution in [-0.4, -0.2) is 68.7 Å². The van der Waals surface area contributed by atoms with Gasteiger partial charge in [0.15, 0.2) is 5.67 Å². The van der Waals surface area contributed by atoms with Gasteiger partial charge in [0.05, 0.1) is 5.75 Å². The Hall–Kier alpha value is -0.0331. The molecule has 1 unspecified atom stereocenters. The molecule has 0 aliphatic rings. The second-order valence-electron chi connectivity index (χ2n) is 4.91. The largest absolute Gasteiger partial charge is 0.564 e. The van der Waals surface area contributed by atoms with Crippen LogP contribution in [0.25, 0.3) is 0 Å². The molecule has 0 aromatic carbocycles. The molecular formula is C11H28NO6SSi+. The molecule has 0 aliphatic heterocycles. The Balaban J connectivity index is 5.41. The van der Waals surface area contributed by atoms with E-state index >= 15 is 0 Å². The van der Waals surface area contributed by atoms with E-state index < -0.39 is 18.9 Å². The summed E-state index contributed by atoms with van der Waals surface area (Å²) in [7, 11) is 1.22. The van der Waals surface area contributed by atoms with Gasteiger partial charge in [-0.25, -0.2) is 0 Å². The molecule has 0 fully saturated rings. The van der Waals surface area contributed by atoms with Crippen LogP contribution in [0.3, 0.4) is 0 Å². The smallest absolute Gasteiger partial charge is 0.373 e. The Morgan fingerprint density at radius 2 is 1.50 bits per heavy atom. The van der Waals surface area contributed by atoms with E-state index in [1.165, 1.54) is 21.3 Å². The molecule has 0 amide bonds. The topological polar surface area (TPSA) is 71.1 Å². The summed E-state index contributed by atoms with van der Waals surface area (Å²) in [6.07, 6.45) is 1.09. The number of quaternary nitrogens is 1. The Morgan fingerprint density at radius 3 is 1.80 bits per heavy atom. The van der Waals surface area contributed by atoms with Gasteiger partial charge in [-0.3, -0.25) is 0 Å². The molecule has 0 bridgehead atoms. The Kier molecular flexibility index (Phi) is 7.82. The average Bonchev–Trinajstić information content (AvgIpc) is 2.34. The predicted octanol–water partition coefficient (Wildman–Crippen LogP) is 0.930. The molecule has 122 valence electrons. The molecule has 0 aromatic heterocycles. The van der Waals surface area contributed by atoms with Gasteiger partial charge >= 0.3 is 18.9 Å². The van der Waals surface area contributed by atoms with Gasteiger partial charge in [-0.15, -0.1) is 0 Å². The fraction of sp³-hybridized carbons (Fsp3) is 1.00. The van der Waals surface area contributed by atoms with Crippen LogP contribution in [0.15, 0.2) is 0 Å². The fourth-order valence-corrected chi connectivity index (χ4v) is 6.33. The molecule has 20 heavy (non-hydrogen) atoms. The van der Waals surface area contributed by atoms with Crippen LogP contribution in [0.2, 0.25) is 0 Å². The van der Waals surface area contributed by atoms with Crippen molar-refractivity contribution in [1.82, 2.24) is 0 Å². The Morgan fingerprint density at radius 1 is 1.05 bits per heavy atom. The maximum absolute atomic E-state index is 11.9. The van der Waals surface area contributed by atoms with Gasteiger partial charge in [-0.2, -0.15) is 13.1 Å². The first-order valence-corrected chi connectivity index (χ1v) is 9.95. The first kappa shape index (κ1) is 20.0. The molecule has 0 aromatic rings. The zero-order valence-electron chi connectivity index (χ0n) is 13.5. The summed E-state index contributed by atoms with van der Waals surface area (Å²) in [5.41, 5.74) is -0.353. The molecule has 0 spiro atoms. The number of hydroxylamine groups is 3. The monoisotopic (exact) mass is 330 g/mol. The lowest BCUT2D eigenvalue weighted by molar-refractivity contribution is -1.06. The van der Waals surface area contributed by atoms with Crippen LogP contribution in [-0.2, 0) is 27.7 Å². The molecule has 7 nitrogen and oxygen atoms in total. The quantitative estimate of drug-likeness (QED) is 0.337. The lowest BCUT2D eigenvalue weighted by atomic mass is 10.4. The van der Waals surface area contributed by atoms with Gasteiger partial charge in [-0.05, 0) is 6.42 Å². The average molecular weight is 330 g/mol. The summed E-state index contributed by atoms with van der Waals surface area (Å²) in [6.45, 7) is 3.70. The third kappa shape index (κ3) is 4.76. The summed E-state index contributed by atoms with van der Waals surface area (Å²) in [4.78, 5) is 0. The summed E-state index contributed by atoms with van der Waals surface area (Å²) < 4.78 is 45.3. The van der Waals surface area contributed by atoms with Crippen molar-refractivity contribution in [2.45, 2.75) is 32.4 Å². The van der Waals surface area contributed by atoms with Crippen LogP contribution in [0.5, 0.6) is 0 Å². The standard InChI is InChI=1S/C11H28NO6SSi/c1-8-10-19(13,14)18-12(3,4)11(9-2)20(15-5,16-6)17-7/h11H,8-10H2,1-7H3/q+1. The van der Waals surface area contributed by atoms with E-state index in [9.17, 15) is 8.42 Å². The van der Waals surface area contributed by atoms with Crippen molar-refractivity contribution in [3.05, 3.63) is 0 Å². The minimum atomic E-state index is -3.60. The zero-order chi connectivity index (χ0) is 16.0. The highest BCUT2D eigenvalue weighted by Gasteiger charge is 2.58. The highest BCUT2D eigenvalue weighted by molar-refractivity contribution is 7.86. The van der Waals surface area contributed by atoms with Crippen molar-refractivity contribution in [3.8, 4) is 0 Å². The van der Waals surface area contributed by atoms with Crippen molar-refractivity contribution in [1.29, 1.82) is 0 Å². The van der Waals surface area contributed by atoms with Gasteiger partial charge < -0.3 is 13.3 Å². The lowest BCUT2D eigenvalue weighted by Crippen LogP contribution is -2.67. The van der Waals surface area contributed by atoms with Crippen molar-refractivity contribution in [2.75, 3.05) is 41.2 Å². The summed E-state index contributed by atoms with van der Waals surface area (Å²) in [6, 6.07) is 0. The van der Waals surface area contributed by atoms with E-state index in [0.29, 0.717) is 12.8 Å². The normalized spacial score (nSPS) is 15.3. The molecule has 1 atom stereocenters. The molecule has 0 heterocycles. The van der Waals surface area contributed by atoms with E-state index in [4.69, 9.17) is 17.6 Å². The number of nitrogens with zero attached hydrogens (tertiary/aromatic N) is 1. The van der Waals surface area contributed by atoms with Crippen molar-refractivity contribution in [3.63, 3.8) is 0 Å². The number of hydrogen-bond acceptors (Lipinski definition) is 6. The van der Waals surface area contributed by atoms with Crippen molar-refractivity contribution < 1.29 is 30.6 Å². The van der Waals surface area contributed by atoms with Gasteiger partial charge in [0, 0.05) is 27.8 Å². The Bertz CT molecular complexity index is 374. The molecular weight excluding hydrogens is 302 g/mol. The number of hydrogen-bond donors (Lipinski definition) is 0. The summed E-state index contributed by atoms with van der Waals surface area (Å²) >= 11 is 0. The number of rotatable bonds is 10.